The summed E-state index contributed by atoms with van der Waals surface area (Å²) in [5.41, 5.74) is 4.33. The summed E-state index contributed by atoms with van der Waals surface area (Å²) in [4.78, 5) is 12.7. The number of aromatic nitrogens is 1. The van der Waals surface area contributed by atoms with Crippen molar-refractivity contribution < 1.29 is 22.8 Å². The van der Waals surface area contributed by atoms with Crippen molar-refractivity contribution >= 4 is 5.69 Å². The van der Waals surface area contributed by atoms with Gasteiger partial charge in [-0.15, -0.1) is 13.2 Å². The molecule has 0 aliphatic heterocycles. The third kappa shape index (κ3) is 3.05. The van der Waals surface area contributed by atoms with Gasteiger partial charge in [0.05, 0.1) is 10.6 Å². The predicted molar refractivity (Wildman–Crippen MR) is 45.5 cm³/mol. The van der Waals surface area contributed by atoms with E-state index >= 15 is 0 Å². The number of nitrogens with two attached hydrogens (primary N) is 1. The molecular formula is C7H6F3N3O3. The highest BCUT2D eigenvalue weighted by molar-refractivity contribution is 5.41. The van der Waals surface area contributed by atoms with Gasteiger partial charge in [0.1, 0.15) is 0 Å². The first kappa shape index (κ1) is 12.2. The van der Waals surface area contributed by atoms with Crippen LogP contribution in [0.3, 0.4) is 0 Å². The van der Waals surface area contributed by atoms with Crippen molar-refractivity contribution in [2.45, 2.75) is 12.9 Å². The third-order valence-electron chi connectivity index (χ3n) is 1.52. The molecule has 0 aliphatic rings. The molecule has 0 unspecified atom stereocenters. The van der Waals surface area contributed by atoms with E-state index in [1.165, 1.54) is 0 Å². The number of halogens is 3. The van der Waals surface area contributed by atoms with Gasteiger partial charge < -0.3 is 10.5 Å². The third-order valence-corrected chi connectivity index (χ3v) is 1.52. The minimum absolute atomic E-state index is 0.0600. The van der Waals surface area contributed by atoms with Crippen LogP contribution in [0, 0.1) is 10.1 Å². The Hall–Kier alpha value is -1.90. The molecule has 0 saturated carbocycles. The van der Waals surface area contributed by atoms with Gasteiger partial charge in [-0.25, -0.2) is 4.98 Å². The SMILES string of the molecule is NCc1ccc([N+](=O)[O-])c(OC(F)(F)F)n1. The number of ether oxygens (including phenoxy) is 1. The molecule has 1 rings (SSSR count). The molecule has 1 aromatic heterocycles. The molecule has 16 heavy (non-hydrogen) atoms. The molecule has 0 bridgehead atoms. The molecule has 0 amide bonds. The molecule has 0 aromatic carbocycles. The van der Waals surface area contributed by atoms with Crippen LogP contribution in [0.1, 0.15) is 5.69 Å². The maximum atomic E-state index is 11.9. The van der Waals surface area contributed by atoms with E-state index in [0.29, 0.717) is 0 Å². The summed E-state index contributed by atoms with van der Waals surface area (Å²) in [6, 6.07) is 2.01. The van der Waals surface area contributed by atoms with E-state index in [0.717, 1.165) is 12.1 Å². The van der Waals surface area contributed by atoms with Crippen LogP contribution in [0.5, 0.6) is 5.88 Å². The Morgan fingerprint density at radius 3 is 2.56 bits per heavy atom. The fourth-order valence-corrected chi connectivity index (χ4v) is 0.909. The second-order valence-electron chi connectivity index (χ2n) is 2.64. The van der Waals surface area contributed by atoms with Gasteiger partial charge in [-0.1, -0.05) is 0 Å². The molecule has 0 radical (unpaired) electrons. The topological polar surface area (TPSA) is 91.3 Å². The molecule has 0 fully saturated rings. The van der Waals surface area contributed by atoms with E-state index < -0.39 is 22.9 Å². The second-order valence-corrected chi connectivity index (χ2v) is 2.64. The van der Waals surface area contributed by atoms with Crippen LogP contribution >= 0.6 is 0 Å². The zero-order valence-corrected chi connectivity index (χ0v) is 7.69. The fourth-order valence-electron chi connectivity index (χ4n) is 0.909. The zero-order valence-electron chi connectivity index (χ0n) is 7.69. The molecule has 1 aromatic rings. The number of hydrogen-bond donors (Lipinski definition) is 1. The first-order valence-corrected chi connectivity index (χ1v) is 3.93. The number of hydrogen-bond acceptors (Lipinski definition) is 5. The predicted octanol–water partition coefficient (Wildman–Crippen LogP) is 1.35. The molecule has 9 heteroatoms. The summed E-state index contributed by atoms with van der Waals surface area (Å²) in [5.74, 6) is -1.11. The first-order valence-electron chi connectivity index (χ1n) is 3.93. The van der Waals surface area contributed by atoms with E-state index in [4.69, 9.17) is 5.73 Å². The van der Waals surface area contributed by atoms with Gasteiger partial charge in [-0.3, -0.25) is 10.1 Å². The van der Waals surface area contributed by atoms with Gasteiger partial charge in [0.25, 0.3) is 0 Å². The van der Waals surface area contributed by atoms with Crippen molar-refractivity contribution in [1.29, 1.82) is 0 Å². The minimum Gasteiger partial charge on any atom is -0.381 e. The quantitative estimate of drug-likeness (QED) is 0.632. The van der Waals surface area contributed by atoms with E-state index in [1.54, 1.807) is 0 Å². The second kappa shape index (κ2) is 4.31. The summed E-state index contributed by atoms with van der Waals surface area (Å²) in [6.45, 7) is -0.147. The highest BCUT2D eigenvalue weighted by atomic mass is 19.4. The molecule has 6 nitrogen and oxygen atoms in total. The van der Waals surface area contributed by atoms with Gasteiger partial charge >= 0.3 is 17.9 Å². The number of nitrogens with zero attached hydrogens (tertiary/aromatic N) is 2. The lowest BCUT2D eigenvalue weighted by Gasteiger charge is -2.08. The van der Waals surface area contributed by atoms with Crippen LogP contribution in [0.2, 0.25) is 0 Å². The first-order chi connectivity index (χ1) is 7.33. The van der Waals surface area contributed by atoms with Gasteiger partial charge in [-0.2, -0.15) is 0 Å². The average molecular weight is 237 g/mol. The van der Waals surface area contributed by atoms with Crippen molar-refractivity contribution in [2.24, 2.45) is 5.73 Å². The van der Waals surface area contributed by atoms with Crippen LogP contribution in [0.4, 0.5) is 18.9 Å². The Bertz CT molecular complexity index is 408. The Morgan fingerprint density at radius 1 is 1.50 bits per heavy atom. The molecule has 88 valence electrons. The van der Waals surface area contributed by atoms with Gasteiger partial charge in [0.2, 0.25) is 0 Å². The maximum Gasteiger partial charge on any atom is 0.574 e. The Morgan fingerprint density at radius 2 is 2.12 bits per heavy atom. The summed E-state index contributed by atoms with van der Waals surface area (Å²) >= 11 is 0. The average Bonchev–Trinajstić information content (AvgIpc) is 2.14. The maximum absolute atomic E-state index is 11.9. The number of alkyl halides is 3. The van der Waals surface area contributed by atoms with Crippen molar-refractivity contribution in [3.05, 3.63) is 27.9 Å². The Labute approximate surface area is 87.0 Å². The lowest BCUT2D eigenvalue weighted by Crippen LogP contribution is -2.19. The van der Waals surface area contributed by atoms with Gasteiger partial charge in [-0.05, 0) is 6.07 Å². The van der Waals surface area contributed by atoms with Crippen molar-refractivity contribution in [1.82, 2.24) is 4.98 Å². The molecule has 0 aliphatic carbocycles. The normalized spacial score (nSPS) is 11.2. The van der Waals surface area contributed by atoms with Crippen LogP contribution in [-0.4, -0.2) is 16.3 Å². The van der Waals surface area contributed by atoms with Crippen LogP contribution in [0.25, 0.3) is 0 Å². The summed E-state index contributed by atoms with van der Waals surface area (Å²) in [7, 11) is 0. The van der Waals surface area contributed by atoms with Crippen molar-refractivity contribution in [3.63, 3.8) is 0 Å². The largest absolute Gasteiger partial charge is 0.574 e. The lowest BCUT2D eigenvalue weighted by atomic mass is 10.3. The van der Waals surface area contributed by atoms with Gasteiger partial charge in [0.15, 0.2) is 0 Å². The van der Waals surface area contributed by atoms with E-state index in [-0.39, 0.29) is 12.2 Å². The highest BCUT2D eigenvalue weighted by Gasteiger charge is 2.35. The van der Waals surface area contributed by atoms with E-state index in [2.05, 4.69) is 9.72 Å². The highest BCUT2D eigenvalue weighted by Crippen LogP contribution is 2.29. The molecule has 0 spiro atoms. The summed E-state index contributed by atoms with van der Waals surface area (Å²) in [6.07, 6.45) is -5.04. The number of nitro groups is 1. The Kier molecular flexibility index (Phi) is 3.28. The van der Waals surface area contributed by atoms with Crippen molar-refractivity contribution in [2.75, 3.05) is 0 Å². The monoisotopic (exact) mass is 237 g/mol. The standard InChI is InChI=1S/C7H6F3N3O3/c8-7(9,10)16-6-5(13(14)15)2-1-4(3-11)12-6/h1-2H,3,11H2. The summed E-state index contributed by atoms with van der Waals surface area (Å²) < 4.78 is 39.1. The molecule has 0 saturated heterocycles. The number of rotatable bonds is 3. The molecular weight excluding hydrogens is 231 g/mol. The van der Waals surface area contributed by atoms with Crippen molar-refractivity contribution in [3.8, 4) is 5.88 Å². The van der Waals surface area contributed by atoms with Gasteiger partial charge in [0, 0.05) is 12.6 Å². The minimum atomic E-state index is -5.04. The van der Waals surface area contributed by atoms with Crippen LogP contribution in [0.15, 0.2) is 12.1 Å². The number of pyridine rings is 1. The van der Waals surface area contributed by atoms with Crippen LogP contribution in [-0.2, 0) is 6.54 Å². The lowest BCUT2D eigenvalue weighted by molar-refractivity contribution is -0.389. The zero-order chi connectivity index (χ0) is 12.3. The Balaban J connectivity index is 3.15. The summed E-state index contributed by atoms with van der Waals surface area (Å²) in [5, 5.41) is 10.4. The fraction of sp³-hybridized carbons (Fsp3) is 0.286. The van der Waals surface area contributed by atoms with E-state index in [1.807, 2.05) is 0 Å². The van der Waals surface area contributed by atoms with E-state index in [9.17, 15) is 23.3 Å². The van der Waals surface area contributed by atoms with Crippen LogP contribution < -0.4 is 10.5 Å². The molecule has 0 atom stereocenters. The molecule has 1 heterocycles. The smallest absolute Gasteiger partial charge is 0.381 e. The molecule has 2 N–H and O–H groups in total.